The maximum atomic E-state index is 8.99. The van der Waals surface area contributed by atoms with Crippen LogP contribution in [0, 0.1) is 18.3 Å². The lowest BCUT2D eigenvalue weighted by Gasteiger charge is -2.08. The third-order valence-corrected chi connectivity index (χ3v) is 2.65. The number of hydrogen-bond acceptors (Lipinski definition) is 4. The molecule has 4 nitrogen and oxygen atoms in total. The molecule has 4 heteroatoms. The van der Waals surface area contributed by atoms with Crippen LogP contribution in [-0.2, 0) is 6.61 Å². The quantitative estimate of drug-likeness (QED) is 0.841. The molecule has 2 aromatic rings. The third-order valence-electron chi connectivity index (χ3n) is 2.65. The second-order valence-electron chi connectivity index (χ2n) is 4.05. The number of pyridine rings is 1. The monoisotopic (exact) mass is 254 g/mol. The summed E-state index contributed by atoms with van der Waals surface area (Å²) in [6, 6.07) is 13.1. The molecule has 2 rings (SSSR count). The largest absolute Gasteiger partial charge is 0.497 e. The number of aryl methyl sites for hydroxylation is 1. The molecular formula is C15H14N2O2. The zero-order chi connectivity index (χ0) is 13.7. The smallest absolute Gasteiger partial charge is 0.232 e. The molecule has 0 spiro atoms. The second-order valence-corrected chi connectivity index (χ2v) is 4.05. The lowest BCUT2D eigenvalue weighted by atomic mass is 10.2. The van der Waals surface area contributed by atoms with Gasteiger partial charge in [0.25, 0.3) is 0 Å². The van der Waals surface area contributed by atoms with Gasteiger partial charge in [-0.15, -0.1) is 0 Å². The Balaban J connectivity index is 2.09. The fourth-order valence-corrected chi connectivity index (χ4v) is 1.60. The maximum Gasteiger partial charge on any atom is 0.232 e. The molecule has 0 fully saturated rings. The minimum Gasteiger partial charge on any atom is -0.497 e. The Labute approximate surface area is 112 Å². The van der Waals surface area contributed by atoms with Crippen LogP contribution in [0.5, 0.6) is 11.6 Å². The van der Waals surface area contributed by atoms with Crippen molar-refractivity contribution in [3.63, 3.8) is 0 Å². The van der Waals surface area contributed by atoms with Crippen LogP contribution in [0.4, 0.5) is 0 Å². The highest BCUT2D eigenvalue weighted by molar-refractivity contribution is 5.38. The molecule has 1 aromatic heterocycles. The van der Waals surface area contributed by atoms with Crippen molar-refractivity contribution in [2.45, 2.75) is 13.5 Å². The topological polar surface area (TPSA) is 55.1 Å². The van der Waals surface area contributed by atoms with Gasteiger partial charge in [-0.2, -0.15) is 5.26 Å². The van der Waals surface area contributed by atoms with Gasteiger partial charge in [0.1, 0.15) is 24.0 Å². The molecule has 1 heterocycles. The number of rotatable bonds is 4. The summed E-state index contributed by atoms with van der Waals surface area (Å²) in [4.78, 5) is 4.22. The Morgan fingerprint density at radius 3 is 2.53 bits per heavy atom. The fourth-order valence-electron chi connectivity index (χ4n) is 1.60. The Hall–Kier alpha value is -2.54. The summed E-state index contributed by atoms with van der Waals surface area (Å²) < 4.78 is 10.7. The zero-order valence-corrected chi connectivity index (χ0v) is 10.9. The number of ether oxygens (including phenoxy) is 2. The summed E-state index contributed by atoms with van der Waals surface area (Å²) in [5.74, 6) is 1.17. The first-order valence-corrected chi connectivity index (χ1v) is 5.86. The number of hydrogen-bond donors (Lipinski definition) is 0. The number of aromatic nitrogens is 1. The van der Waals surface area contributed by atoms with Gasteiger partial charge in [-0.1, -0.05) is 12.1 Å². The highest BCUT2D eigenvalue weighted by Gasteiger charge is 2.05. The number of nitriles is 1. The maximum absolute atomic E-state index is 8.99. The molecule has 0 saturated heterocycles. The van der Waals surface area contributed by atoms with Crippen molar-refractivity contribution in [2.75, 3.05) is 7.11 Å². The van der Waals surface area contributed by atoms with Gasteiger partial charge >= 0.3 is 0 Å². The highest BCUT2D eigenvalue weighted by atomic mass is 16.5. The molecule has 96 valence electrons. The highest BCUT2D eigenvalue weighted by Crippen LogP contribution is 2.17. The molecule has 0 saturated carbocycles. The first kappa shape index (κ1) is 12.9. The van der Waals surface area contributed by atoms with E-state index in [4.69, 9.17) is 14.7 Å². The summed E-state index contributed by atoms with van der Waals surface area (Å²) in [5, 5.41) is 8.99. The summed E-state index contributed by atoms with van der Waals surface area (Å²) >= 11 is 0. The van der Waals surface area contributed by atoms with Crippen LogP contribution in [-0.4, -0.2) is 12.1 Å². The van der Waals surface area contributed by atoms with Gasteiger partial charge in [0, 0.05) is 5.69 Å². The molecule has 0 unspecified atom stereocenters. The number of methoxy groups -OCH3 is 1. The summed E-state index contributed by atoms with van der Waals surface area (Å²) in [6.45, 7) is 2.23. The first-order valence-electron chi connectivity index (χ1n) is 5.86. The molecule has 0 atom stereocenters. The van der Waals surface area contributed by atoms with E-state index in [-0.39, 0.29) is 0 Å². The van der Waals surface area contributed by atoms with Gasteiger partial charge in [-0.3, -0.25) is 0 Å². The lowest BCUT2D eigenvalue weighted by molar-refractivity contribution is 0.292. The van der Waals surface area contributed by atoms with E-state index < -0.39 is 0 Å². The molecule has 0 aliphatic carbocycles. The fraction of sp³-hybridized carbons (Fsp3) is 0.200. The molecule has 0 bridgehead atoms. The van der Waals surface area contributed by atoms with Crippen LogP contribution in [0.1, 0.15) is 16.8 Å². The van der Waals surface area contributed by atoms with Gasteiger partial charge in [0.05, 0.1) is 7.11 Å². The van der Waals surface area contributed by atoms with Gasteiger partial charge in [-0.05, 0) is 36.8 Å². The van der Waals surface area contributed by atoms with Gasteiger partial charge < -0.3 is 9.47 Å². The first-order chi connectivity index (χ1) is 9.22. The van der Waals surface area contributed by atoms with Crippen molar-refractivity contribution in [1.29, 1.82) is 5.26 Å². The van der Waals surface area contributed by atoms with Crippen LogP contribution in [0.15, 0.2) is 36.4 Å². The molecule has 19 heavy (non-hydrogen) atoms. The average molecular weight is 254 g/mol. The standard InChI is InChI=1S/C15H14N2O2/c1-11-3-6-13(9-16)15(17-11)19-10-12-4-7-14(18-2)8-5-12/h3-8H,10H2,1-2H3. The second kappa shape index (κ2) is 5.87. The average Bonchev–Trinajstić information content (AvgIpc) is 2.46. The minimum atomic E-state index is 0.370. The Bertz CT molecular complexity index is 601. The van der Waals surface area contributed by atoms with E-state index >= 15 is 0 Å². The molecule has 0 radical (unpaired) electrons. The Morgan fingerprint density at radius 2 is 1.89 bits per heavy atom. The summed E-state index contributed by atoms with van der Waals surface area (Å²) in [7, 11) is 1.63. The van der Waals surface area contributed by atoms with E-state index in [0.717, 1.165) is 17.0 Å². The van der Waals surface area contributed by atoms with Crippen molar-refractivity contribution >= 4 is 0 Å². The van der Waals surface area contributed by atoms with Gasteiger partial charge in [-0.25, -0.2) is 4.98 Å². The normalized spacial score (nSPS) is 9.74. The molecule has 0 aliphatic heterocycles. The van der Waals surface area contributed by atoms with Crippen molar-refractivity contribution in [2.24, 2.45) is 0 Å². The van der Waals surface area contributed by atoms with Crippen LogP contribution in [0.2, 0.25) is 0 Å². The SMILES string of the molecule is COc1ccc(COc2nc(C)ccc2C#N)cc1. The van der Waals surface area contributed by atoms with E-state index in [2.05, 4.69) is 11.1 Å². The number of benzene rings is 1. The third kappa shape index (κ3) is 3.23. The zero-order valence-electron chi connectivity index (χ0n) is 10.9. The molecule has 1 aromatic carbocycles. The van der Waals surface area contributed by atoms with Crippen LogP contribution >= 0.6 is 0 Å². The predicted molar refractivity (Wildman–Crippen MR) is 71.0 cm³/mol. The lowest BCUT2D eigenvalue weighted by Crippen LogP contribution is -2.00. The Morgan fingerprint density at radius 1 is 1.16 bits per heavy atom. The van der Waals surface area contributed by atoms with Gasteiger partial charge in [0.2, 0.25) is 5.88 Å². The van der Waals surface area contributed by atoms with E-state index in [9.17, 15) is 0 Å². The van der Waals surface area contributed by atoms with Crippen molar-refractivity contribution in [3.8, 4) is 17.7 Å². The predicted octanol–water partition coefficient (Wildman–Crippen LogP) is 2.85. The van der Waals surface area contributed by atoms with E-state index in [1.54, 1.807) is 19.2 Å². The Kier molecular flexibility index (Phi) is 3.99. The van der Waals surface area contributed by atoms with Crippen molar-refractivity contribution < 1.29 is 9.47 Å². The van der Waals surface area contributed by atoms with Crippen LogP contribution in [0.25, 0.3) is 0 Å². The summed E-state index contributed by atoms with van der Waals surface area (Å²) in [6.07, 6.45) is 0. The molecule has 0 amide bonds. The molecule has 0 aliphatic rings. The molecular weight excluding hydrogens is 240 g/mol. The van der Waals surface area contributed by atoms with Gasteiger partial charge in [0.15, 0.2) is 0 Å². The van der Waals surface area contributed by atoms with Crippen molar-refractivity contribution in [1.82, 2.24) is 4.98 Å². The van der Waals surface area contributed by atoms with Crippen molar-refractivity contribution in [3.05, 3.63) is 53.2 Å². The van der Waals surface area contributed by atoms with E-state index in [0.29, 0.717) is 18.1 Å². The minimum absolute atomic E-state index is 0.370. The number of nitrogens with zero attached hydrogens (tertiary/aromatic N) is 2. The van der Waals surface area contributed by atoms with Crippen LogP contribution in [0.3, 0.4) is 0 Å². The molecule has 0 N–H and O–H groups in total. The van der Waals surface area contributed by atoms with E-state index in [1.807, 2.05) is 31.2 Å². The van der Waals surface area contributed by atoms with E-state index in [1.165, 1.54) is 0 Å². The summed E-state index contributed by atoms with van der Waals surface area (Å²) in [5.41, 5.74) is 2.26. The van der Waals surface area contributed by atoms with Crippen LogP contribution < -0.4 is 9.47 Å².